The van der Waals surface area contributed by atoms with Crippen molar-refractivity contribution >= 4 is 23.3 Å². The molecule has 6 rings (SSSR count). The SMILES string of the molecule is C=C(C1CCCCC1)N(CC12CCC(c3ccc(N(C)C)nc3)(CC1)CC2)c1cccc(/C(C=N)=C/NC(C)(C)C)c1. The molecule has 226 valence electrons. The summed E-state index contributed by atoms with van der Waals surface area (Å²) in [4.78, 5) is 9.46. The van der Waals surface area contributed by atoms with Crippen LogP contribution in [0.25, 0.3) is 5.57 Å². The summed E-state index contributed by atoms with van der Waals surface area (Å²) >= 11 is 0. The summed E-state index contributed by atoms with van der Waals surface area (Å²) in [6, 6.07) is 13.4. The molecule has 5 nitrogen and oxygen atoms in total. The molecule has 0 atom stereocenters. The molecular formula is C37H53N5. The lowest BCUT2D eigenvalue weighted by atomic mass is 9.52. The van der Waals surface area contributed by atoms with E-state index in [1.807, 2.05) is 6.20 Å². The van der Waals surface area contributed by atoms with Crippen molar-refractivity contribution in [2.45, 2.75) is 102 Å². The van der Waals surface area contributed by atoms with Gasteiger partial charge in [-0.3, -0.25) is 0 Å². The van der Waals surface area contributed by atoms with E-state index in [-0.39, 0.29) is 11.0 Å². The fraction of sp³-hybridized carbons (Fsp3) is 0.568. The third-order valence-corrected chi connectivity index (χ3v) is 10.4. The summed E-state index contributed by atoms with van der Waals surface area (Å²) in [5.74, 6) is 1.59. The van der Waals surface area contributed by atoms with E-state index in [1.165, 1.54) is 93.8 Å². The number of hydrogen-bond donors (Lipinski definition) is 2. The first-order valence-electron chi connectivity index (χ1n) is 16.2. The van der Waals surface area contributed by atoms with Crippen LogP contribution in [-0.4, -0.2) is 37.4 Å². The van der Waals surface area contributed by atoms with Crippen LogP contribution in [0.4, 0.5) is 11.5 Å². The van der Waals surface area contributed by atoms with Crippen LogP contribution >= 0.6 is 0 Å². The van der Waals surface area contributed by atoms with Gasteiger partial charge in [-0.1, -0.05) is 44.0 Å². The van der Waals surface area contributed by atoms with Crippen LogP contribution in [0.1, 0.15) is 103 Å². The molecule has 0 saturated heterocycles. The molecular weight excluding hydrogens is 514 g/mol. The van der Waals surface area contributed by atoms with Gasteiger partial charge in [0.1, 0.15) is 5.82 Å². The predicted molar refractivity (Wildman–Crippen MR) is 180 cm³/mol. The fourth-order valence-corrected chi connectivity index (χ4v) is 7.60. The van der Waals surface area contributed by atoms with Gasteiger partial charge in [0, 0.05) is 61.7 Å². The Morgan fingerprint density at radius 3 is 2.29 bits per heavy atom. The van der Waals surface area contributed by atoms with E-state index in [0.29, 0.717) is 11.3 Å². The van der Waals surface area contributed by atoms with E-state index in [1.54, 1.807) is 0 Å². The summed E-state index contributed by atoms with van der Waals surface area (Å²) in [6.07, 6.45) is 19.6. The molecule has 2 bridgehead atoms. The second kappa shape index (κ2) is 12.3. The van der Waals surface area contributed by atoms with Gasteiger partial charge < -0.3 is 20.5 Å². The Morgan fingerprint density at radius 1 is 1.02 bits per heavy atom. The topological polar surface area (TPSA) is 55.2 Å². The molecule has 4 saturated carbocycles. The molecule has 1 aromatic carbocycles. The third kappa shape index (κ3) is 6.61. The minimum atomic E-state index is -0.0476. The molecule has 0 radical (unpaired) electrons. The van der Waals surface area contributed by atoms with Crippen molar-refractivity contribution in [2.24, 2.45) is 11.3 Å². The minimum Gasteiger partial charge on any atom is -0.386 e. The lowest BCUT2D eigenvalue weighted by Gasteiger charge is -2.55. The monoisotopic (exact) mass is 567 g/mol. The maximum absolute atomic E-state index is 8.15. The van der Waals surface area contributed by atoms with Crippen molar-refractivity contribution in [1.29, 1.82) is 5.41 Å². The molecule has 42 heavy (non-hydrogen) atoms. The number of rotatable bonds is 10. The quantitative estimate of drug-likeness (QED) is 0.282. The van der Waals surface area contributed by atoms with Crippen molar-refractivity contribution in [3.05, 3.63) is 72.2 Å². The Hall–Kier alpha value is -3.08. The van der Waals surface area contributed by atoms with E-state index in [2.05, 4.69) is 92.6 Å². The average molecular weight is 568 g/mol. The molecule has 1 aromatic heterocycles. The van der Waals surface area contributed by atoms with Gasteiger partial charge in [-0.2, -0.15) is 0 Å². The first kappa shape index (κ1) is 30.4. The Balaban J connectivity index is 1.40. The Bertz CT molecular complexity index is 1250. The highest BCUT2D eigenvalue weighted by atomic mass is 15.2. The molecule has 2 aromatic rings. The van der Waals surface area contributed by atoms with Crippen LogP contribution < -0.4 is 15.1 Å². The second-order valence-electron chi connectivity index (χ2n) is 14.7. The highest BCUT2D eigenvalue weighted by Crippen LogP contribution is 2.58. The molecule has 0 aliphatic heterocycles. The number of fused-ring (bicyclic) bond motifs is 3. The van der Waals surface area contributed by atoms with Crippen LogP contribution in [-0.2, 0) is 5.41 Å². The molecule has 0 spiro atoms. The number of allylic oxidation sites excluding steroid dienone is 2. The highest BCUT2D eigenvalue weighted by molar-refractivity contribution is 6.08. The lowest BCUT2D eigenvalue weighted by molar-refractivity contribution is 0.0459. The normalized spacial score (nSPS) is 24.7. The van der Waals surface area contributed by atoms with Gasteiger partial charge >= 0.3 is 0 Å². The Kier molecular flexibility index (Phi) is 8.87. The minimum absolute atomic E-state index is 0.0476. The number of anilines is 2. The van der Waals surface area contributed by atoms with Gasteiger partial charge in [0.25, 0.3) is 0 Å². The summed E-state index contributed by atoms with van der Waals surface area (Å²) < 4.78 is 0. The maximum Gasteiger partial charge on any atom is 0.127 e. The van der Waals surface area contributed by atoms with Crippen molar-refractivity contribution in [3.63, 3.8) is 0 Å². The number of nitrogens with one attached hydrogen (secondary N) is 2. The van der Waals surface area contributed by atoms with E-state index >= 15 is 0 Å². The standard InChI is InChI=1S/C37H53N5/c1-28(29-11-8-7-9-12-29)42(33-14-10-13-30(23-33)31(24-38)25-40-35(2,3)4)27-36-17-20-37(21-18-36,22-19-36)32-15-16-34(39-26-32)41(5)6/h10,13-16,23-26,29,38,40H,1,7-9,11-12,17-22,27H2,2-6H3/b31-25+,38-24?. The van der Waals surface area contributed by atoms with Crippen LogP contribution in [0, 0.1) is 16.7 Å². The number of aromatic nitrogens is 1. The summed E-state index contributed by atoms with van der Waals surface area (Å²) in [7, 11) is 4.12. The second-order valence-corrected chi connectivity index (χ2v) is 14.7. The lowest BCUT2D eigenvalue weighted by Crippen LogP contribution is -2.49. The van der Waals surface area contributed by atoms with E-state index in [0.717, 1.165) is 23.5 Å². The van der Waals surface area contributed by atoms with Crippen LogP contribution in [0.2, 0.25) is 0 Å². The molecule has 5 heteroatoms. The van der Waals surface area contributed by atoms with Gasteiger partial charge in [0.15, 0.2) is 0 Å². The summed E-state index contributed by atoms with van der Waals surface area (Å²) in [6.45, 7) is 12.3. The van der Waals surface area contributed by atoms with Crippen molar-refractivity contribution in [2.75, 3.05) is 30.4 Å². The highest BCUT2D eigenvalue weighted by Gasteiger charge is 2.50. The van der Waals surface area contributed by atoms with Crippen molar-refractivity contribution < 1.29 is 0 Å². The average Bonchev–Trinajstić information content (AvgIpc) is 3.01. The van der Waals surface area contributed by atoms with Crippen molar-refractivity contribution in [3.8, 4) is 0 Å². The summed E-state index contributed by atoms with van der Waals surface area (Å²) in [5.41, 5.74) is 6.52. The zero-order valence-corrected chi connectivity index (χ0v) is 26.8. The molecule has 4 aliphatic rings. The zero-order chi connectivity index (χ0) is 30.0. The first-order valence-corrected chi connectivity index (χ1v) is 16.2. The number of nitrogens with zero attached hydrogens (tertiary/aromatic N) is 3. The number of pyridine rings is 1. The molecule has 2 N–H and O–H groups in total. The number of benzene rings is 1. The van der Waals surface area contributed by atoms with E-state index < -0.39 is 0 Å². The van der Waals surface area contributed by atoms with Gasteiger partial charge in [0.05, 0.1) is 0 Å². The van der Waals surface area contributed by atoms with Crippen LogP contribution in [0.5, 0.6) is 0 Å². The molecule has 0 unspecified atom stereocenters. The van der Waals surface area contributed by atoms with Crippen LogP contribution in [0.3, 0.4) is 0 Å². The maximum atomic E-state index is 8.15. The van der Waals surface area contributed by atoms with E-state index in [9.17, 15) is 0 Å². The van der Waals surface area contributed by atoms with Gasteiger partial charge in [-0.15, -0.1) is 0 Å². The Morgan fingerprint density at radius 2 is 1.71 bits per heavy atom. The Labute approximate surface area is 255 Å². The van der Waals surface area contributed by atoms with Crippen LogP contribution in [0.15, 0.2) is 61.1 Å². The fourth-order valence-electron chi connectivity index (χ4n) is 7.60. The van der Waals surface area contributed by atoms with Gasteiger partial charge in [0.2, 0.25) is 0 Å². The van der Waals surface area contributed by atoms with Gasteiger partial charge in [-0.05, 0) is 118 Å². The summed E-state index contributed by atoms with van der Waals surface area (Å²) in [5, 5.41) is 11.6. The first-order chi connectivity index (χ1) is 20.0. The molecule has 4 aliphatic carbocycles. The van der Waals surface area contributed by atoms with E-state index in [4.69, 9.17) is 17.0 Å². The third-order valence-electron chi connectivity index (χ3n) is 10.4. The zero-order valence-electron chi connectivity index (χ0n) is 26.8. The molecule has 1 heterocycles. The van der Waals surface area contributed by atoms with Gasteiger partial charge in [-0.25, -0.2) is 4.98 Å². The molecule has 0 amide bonds. The van der Waals surface area contributed by atoms with Crippen molar-refractivity contribution in [1.82, 2.24) is 10.3 Å². The number of hydrogen-bond acceptors (Lipinski definition) is 5. The molecule has 4 fully saturated rings. The largest absolute Gasteiger partial charge is 0.386 e. The predicted octanol–water partition coefficient (Wildman–Crippen LogP) is 8.72. The smallest absolute Gasteiger partial charge is 0.127 e.